The van der Waals surface area contributed by atoms with Crippen molar-refractivity contribution in [3.8, 4) is 0 Å². The van der Waals surface area contributed by atoms with Gasteiger partial charge in [-0.25, -0.2) is 0 Å². The van der Waals surface area contributed by atoms with Crippen LogP contribution in [-0.4, -0.2) is 23.0 Å². The summed E-state index contributed by atoms with van der Waals surface area (Å²) in [6, 6.07) is 6.50. The van der Waals surface area contributed by atoms with Gasteiger partial charge >= 0.3 is 5.97 Å². The molecule has 5 rings (SSSR count). The van der Waals surface area contributed by atoms with E-state index in [1.54, 1.807) is 11.3 Å². The standard InChI is InChI=1S/C26H33NO3S/c1-16-10-11-22-19(12-16)20(15-31-22)25(30)27-24-17(8-6-4-5-7-9-23(28)29)13-18-14-21(24)26(18,2)3/h4,6,10-12,15,17-18,21,24H,5,7-9,13-14H2,1-3H3,(H,27,30)(H,28,29)/t17-,18+,21+,24-/m1/s1. The van der Waals surface area contributed by atoms with Crippen LogP contribution in [0, 0.1) is 30.1 Å². The summed E-state index contributed by atoms with van der Waals surface area (Å²) in [5, 5.41) is 15.3. The number of benzene rings is 1. The van der Waals surface area contributed by atoms with E-state index in [0.717, 1.165) is 40.8 Å². The zero-order chi connectivity index (χ0) is 22.2. The number of nitrogens with one attached hydrogen (secondary N) is 1. The monoisotopic (exact) mass is 439 g/mol. The van der Waals surface area contributed by atoms with Crippen LogP contribution in [0.25, 0.3) is 10.1 Å². The predicted octanol–water partition coefficient (Wildman–Crippen LogP) is 6.19. The van der Waals surface area contributed by atoms with E-state index in [2.05, 4.69) is 56.4 Å². The van der Waals surface area contributed by atoms with Crippen molar-refractivity contribution in [2.75, 3.05) is 0 Å². The molecule has 0 spiro atoms. The molecule has 0 aliphatic heterocycles. The second kappa shape index (κ2) is 8.78. The number of hydrogen-bond donors (Lipinski definition) is 2. The number of aliphatic carboxylic acids is 1. The van der Waals surface area contributed by atoms with Crippen molar-refractivity contribution in [2.24, 2.45) is 23.2 Å². The molecule has 1 aromatic carbocycles. The van der Waals surface area contributed by atoms with Gasteiger partial charge in [-0.1, -0.05) is 37.6 Å². The maximum absolute atomic E-state index is 13.3. The van der Waals surface area contributed by atoms with Crippen LogP contribution in [0.4, 0.5) is 0 Å². The third-order valence-corrected chi connectivity index (χ3v) is 8.68. The van der Waals surface area contributed by atoms with E-state index in [9.17, 15) is 9.59 Å². The molecule has 5 heteroatoms. The third-order valence-electron chi connectivity index (χ3n) is 7.71. The van der Waals surface area contributed by atoms with Gasteiger partial charge in [0, 0.05) is 27.9 Å². The average molecular weight is 440 g/mol. The Kier molecular flexibility index (Phi) is 6.25. The lowest BCUT2D eigenvalue weighted by Crippen LogP contribution is -2.63. The van der Waals surface area contributed by atoms with Crippen molar-refractivity contribution in [1.82, 2.24) is 5.32 Å². The normalized spacial score (nSPS) is 26.7. The molecule has 2 bridgehead atoms. The molecule has 1 aromatic heterocycles. The summed E-state index contributed by atoms with van der Waals surface area (Å²) in [6.07, 6.45) is 9.32. The summed E-state index contributed by atoms with van der Waals surface area (Å²) in [5.74, 6) is 1.02. The molecule has 1 heterocycles. The molecule has 3 fully saturated rings. The molecule has 0 radical (unpaired) electrons. The number of thiophene rings is 1. The minimum absolute atomic E-state index is 0.0541. The zero-order valence-corrected chi connectivity index (χ0v) is 19.5. The lowest BCUT2D eigenvalue weighted by atomic mass is 9.44. The summed E-state index contributed by atoms with van der Waals surface area (Å²) in [6.45, 7) is 6.77. The number of rotatable bonds is 8. The number of amides is 1. The molecule has 4 atom stereocenters. The van der Waals surface area contributed by atoms with Crippen LogP contribution < -0.4 is 5.32 Å². The van der Waals surface area contributed by atoms with Crippen LogP contribution in [0.1, 0.15) is 68.3 Å². The van der Waals surface area contributed by atoms with Crippen LogP contribution in [0.2, 0.25) is 0 Å². The second-order valence-corrected chi connectivity index (χ2v) is 10.9. The van der Waals surface area contributed by atoms with Crippen molar-refractivity contribution in [3.63, 3.8) is 0 Å². The number of carboxylic acid groups (broad SMARTS) is 1. The number of allylic oxidation sites excluding steroid dienone is 2. The second-order valence-electron chi connectivity index (χ2n) is 10.00. The maximum atomic E-state index is 13.3. The molecule has 4 nitrogen and oxygen atoms in total. The smallest absolute Gasteiger partial charge is 0.303 e. The highest BCUT2D eigenvalue weighted by atomic mass is 32.1. The maximum Gasteiger partial charge on any atom is 0.303 e. The Morgan fingerprint density at radius 3 is 2.81 bits per heavy atom. The number of unbranched alkanes of at least 4 members (excludes halogenated alkanes) is 1. The number of aryl methyl sites for hydroxylation is 1. The summed E-state index contributed by atoms with van der Waals surface area (Å²) in [4.78, 5) is 24.0. The van der Waals surface area contributed by atoms with Crippen LogP contribution in [-0.2, 0) is 4.79 Å². The highest BCUT2D eigenvalue weighted by Crippen LogP contribution is 2.61. The first-order chi connectivity index (χ1) is 14.8. The molecular formula is C26H33NO3S. The van der Waals surface area contributed by atoms with Gasteiger partial charge in [-0.15, -0.1) is 11.3 Å². The quantitative estimate of drug-likeness (QED) is 0.381. The van der Waals surface area contributed by atoms with Gasteiger partial charge < -0.3 is 10.4 Å². The molecule has 2 N–H and O–H groups in total. The van der Waals surface area contributed by atoms with Crippen LogP contribution in [0.5, 0.6) is 0 Å². The Hall–Kier alpha value is -2.14. The van der Waals surface area contributed by atoms with Crippen LogP contribution in [0.15, 0.2) is 35.7 Å². The summed E-state index contributed by atoms with van der Waals surface area (Å²) >= 11 is 1.63. The van der Waals surface area contributed by atoms with Crippen molar-refractivity contribution in [2.45, 2.75) is 65.3 Å². The SMILES string of the molecule is Cc1ccc2scc(C(=O)N[C@@H]3[C@H](CC=CCCCC(=O)O)C[C@H]4C[C@@H]3C4(C)C)c2c1. The summed E-state index contributed by atoms with van der Waals surface area (Å²) < 4.78 is 1.16. The Labute approximate surface area is 188 Å². The predicted molar refractivity (Wildman–Crippen MR) is 127 cm³/mol. The Bertz CT molecular complexity index is 1010. The first kappa shape index (κ1) is 22.1. The number of carbonyl (C=O) groups excluding carboxylic acids is 1. The van der Waals surface area contributed by atoms with E-state index in [1.165, 1.54) is 12.0 Å². The molecule has 2 aromatic rings. The fraction of sp³-hybridized carbons (Fsp3) is 0.538. The minimum Gasteiger partial charge on any atom is -0.481 e. The minimum atomic E-state index is -0.734. The molecule has 3 saturated carbocycles. The fourth-order valence-corrected chi connectivity index (χ4v) is 6.60. The topological polar surface area (TPSA) is 66.4 Å². The molecule has 166 valence electrons. The number of hydrogen-bond acceptors (Lipinski definition) is 3. The largest absolute Gasteiger partial charge is 0.481 e. The summed E-state index contributed by atoms with van der Waals surface area (Å²) in [7, 11) is 0. The van der Waals surface area contributed by atoms with Crippen LogP contribution >= 0.6 is 11.3 Å². The lowest BCUT2D eigenvalue weighted by Gasteiger charge is -2.62. The van der Waals surface area contributed by atoms with E-state index in [1.807, 2.05) is 5.38 Å². The van der Waals surface area contributed by atoms with Crippen LogP contribution in [0.3, 0.4) is 0 Å². The molecular weight excluding hydrogens is 406 g/mol. The Morgan fingerprint density at radius 1 is 1.26 bits per heavy atom. The Balaban J connectivity index is 1.46. The molecule has 3 aliphatic rings. The average Bonchev–Trinajstić information content (AvgIpc) is 3.13. The van der Waals surface area contributed by atoms with Gasteiger partial charge in [0.2, 0.25) is 0 Å². The number of fused-ring (bicyclic) bond motifs is 3. The zero-order valence-electron chi connectivity index (χ0n) is 18.7. The Morgan fingerprint density at radius 2 is 2.06 bits per heavy atom. The van der Waals surface area contributed by atoms with Gasteiger partial charge in [-0.3, -0.25) is 9.59 Å². The van der Waals surface area contributed by atoms with E-state index >= 15 is 0 Å². The first-order valence-corrected chi connectivity index (χ1v) is 12.3. The van der Waals surface area contributed by atoms with Gasteiger partial charge in [-0.05, 0) is 74.3 Å². The van der Waals surface area contributed by atoms with Crippen molar-refractivity contribution in [3.05, 3.63) is 46.9 Å². The summed E-state index contributed by atoms with van der Waals surface area (Å²) in [5.41, 5.74) is 2.25. The van der Waals surface area contributed by atoms with E-state index in [0.29, 0.717) is 18.3 Å². The number of carbonyl (C=O) groups is 2. The van der Waals surface area contributed by atoms with Gasteiger partial charge in [-0.2, -0.15) is 0 Å². The first-order valence-electron chi connectivity index (χ1n) is 11.4. The van der Waals surface area contributed by atoms with E-state index < -0.39 is 5.97 Å². The van der Waals surface area contributed by atoms with E-state index in [4.69, 9.17) is 5.11 Å². The van der Waals surface area contributed by atoms with Crippen molar-refractivity contribution in [1.29, 1.82) is 0 Å². The lowest BCUT2D eigenvalue weighted by molar-refractivity contribution is -0.137. The molecule has 0 saturated heterocycles. The fourth-order valence-electron chi connectivity index (χ4n) is 5.68. The third kappa shape index (κ3) is 4.43. The van der Waals surface area contributed by atoms with Gasteiger partial charge in [0.25, 0.3) is 5.91 Å². The van der Waals surface area contributed by atoms with E-state index in [-0.39, 0.29) is 23.8 Å². The highest BCUT2D eigenvalue weighted by Gasteiger charge is 2.57. The highest BCUT2D eigenvalue weighted by molar-refractivity contribution is 7.17. The molecule has 3 aliphatic carbocycles. The molecule has 0 unspecified atom stereocenters. The number of carboxylic acids is 1. The van der Waals surface area contributed by atoms with Gasteiger partial charge in [0.05, 0.1) is 5.56 Å². The van der Waals surface area contributed by atoms with Crippen molar-refractivity contribution >= 4 is 33.3 Å². The van der Waals surface area contributed by atoms with Gasteiger partial charge in [0.15, 0.2) is 0 Å². The molecule has 1 amide bonds. The molecule has 31 heavy (non-hydrogen) atoms. The van der Waals surface area contributed by atoms with Gasteiger partial charge in [0.1, 0.15) is 0 Å². The van der Waals surface area contributed by atoms with Crippen molar-refractivity contribution < 1.29 is 14.7 Å².